The van der Waals surface area contributed by atoms with Crippen LogP contribution in [0.3, 0.4) is 0 Å². The molecule has 9 aromatic carbocycles. The summed E-state index contributed by atoms with van der Waals surface area (Å²) in [4.78, 5) is 13.9. The number of pyridine rings is 2. The van der Waals surface area contributed by atoms with Gasteiger partial charge in [-0.15, -0.1) is 29.7 Å². The molecule has 0 aliphatic carbocycles. The van der Waals surface area contributed by atoms with Gasteiger partial charge in [-0.05, 0) is 77.7 Å². The molecule has 10 heteroatoms. The number of benzene rings is 9. The Labute approximate surface area is 456 Å². The van der Waals surface area contributed by atoms with Crippen LogP contribution < -0.4 is 9.30 Å². The van der Waals surface area contributed by atoms with Gasteiger partial charge in [0.05, 0.1) is 68.6 Å². The van der Waals surface area contributed by atoms with Crippen LogP contribution in [0.1, 0.15) is 5.69 Å². The largest absolute Gasteiger partial charge is 0.511 e. The van der Waals surface area contributed by atoms with Gasteiger partial charge in [-0.25, -0.2) is 4.98 Å². The summed E-state index contributed by atoms with van der Waals surface area (Å²) in [6, 6.07) is 80.2. The molecule has 0 saturated heterocycles. The van der Waals surface area contributed by atoms with Crippen LogP contribution in [0.25, 0.3) is 121 Å². The molecular weight excluding hydrogens is 1130 g/mol. The Balaban J connectivity index is 0.00000540. The summed E-state index contributed by atoms with van der Waals surface area (Å²) in [6.45, 7) is 10.2. The summed E-state index contributed by atoms with van der Waals surface area (Å²) in [5, 5.41) is 6.66. The van der Waals surface area contributed by atoms with Gasteiger partial charge in [0.2, 0.25) is 0 Å². The van der Waals surface area contributed by atoms with E-state index in [1.165, 1.54) is 10.8 Å². The van der Waals surface area contributed by atoms with Crippen molar-refractivity contribution in [1.82, 2.24) is 28.2 Å². The van der Waals surface area contributed by atoms with E-state index >= 15 is 0 Å². The van der Waals surface area contributed by atoms with Crippen molar-refractivity contribution >= 4 is 82.1 Å². The summed E-state index contributed by atoms with van der Waals surface area (Å²) in [5.41, 5.74) is 15.1. The maximum absolute atomic E-state index is 8.16. The zero-order chi connectivity index (χ0) is 50.4. The van der Waals surface area contributed by atoms with Crippen molar-refractivity contribution in [3.05, 3.63) is 260 Å². The molecule has 0 unspecified atom stereocenters. The molecule has 0 amide bonds. The third-order valence-electron chi connectivity index (χ3n) is 14.6. The van der Waals surface area contributed by atoms with Gasteiger partial charge in [0.1, 0.15) is 5.82 Å². The summed E-state index contributed by atoms with van der Waals surface area (Å²) in [6.07, 6.45) is 7.50. The zero-order valence-electron chi connectivity index (χ0n) is 41.2. The molecular formula is C67H40N8OPt-2. The molecule has 15 aromatic rings. The van der Waals surface area contributed by atoms with Gasteiger partial charge in [0, 0.05) is 65.8 Å². The standard InChI is InChI=1S/C67H40N8O.Pt/c1-43-35-64-56(41-69-43)54-33-32-48(76-49-37-45(68-2)36-47(38-49)71-42-72(62-29-15-14-28-61(62)71)57-24-10-6-19-50(57)44-17-4-3-5-18-44)39-65(54)75(64)66-34-31-46(40-70-66)73-58-25-11-9-22-53(58)55-23-16-30-63(67(55)73)74-59-26-12-7-20-51(59)52-21-8-13-27-60(52)74;/h3-37,40-41H,1H3;/q-2;. The quantitative estimate of drug-likeness (QED) is 0.112. The second-order valence-corrected chi connectivity index (χ2v) is 19.0. The van der Waals surface area contributed by atoms with Crippen LogP contribution in [0.2, 0.25) is 0 Å². The van der Waals surface area contributed by atoms with Gasteiger partial charge in [0.25, 0.3) is 6.33 Å². The minimum absolute atomic E-state index is 0. The zero-order valence-corrected chi connectivity index (χ0v) is 43.4. The average molecular weight is 1170 g/mol. The summed E-state index contributed by atoms with van der Waals surface area (Å²) in [7, 11) is 0. The summed E-state index contributed by atoms with van der Waals surface area (Å²) >= 11 is 0. The van der Waals surface area contributed by atoms with Gasteiger partial charge in [0.15, 0.2) is 0 Å². The Morgan fingerprint density at radius 1 is 0.519 bits per heavy atom. The third kappa shape index (κ3) is 7.29. The first-order valence-electron chi connectivity index (χ1n) is 25.1. The molecule has 77 heavy (non-hydrogen) atoms. The number of rotatable bonds is 8. The first-order chi connectivity index (χ1) is 37.6. The van der Waals surface area contributed by atoms with Crippen LogP contribution in [0.4, 0.5) is 5.69 Å². The Morgan fingerprint density at radius 2 is 1.19 bits per heavy atom. The fraction of sp³-hybridized carbons (Fsp3) is 0.0149. The van der Waals surface area contributed by atoms with E-state index < -0.39 is 0 Å². The number of aromatic nitrogens is 7. The van der Waals surface area contributed by atoms with Crippen LogP contribution in [0, 0.1) is 32.0 Å². The number of hydrogen-bond acceptors (Lipinski definition) is 3. The Morgan fingerprint density at radius 3 is 1.95 bits per heavy atom. The van der Waals surface area contributed by atoms with Crippen LogP contribution in [-0.4, -0.2) is 28.2 Å². The number of ether oxygens (including phenoxy) is 1. The predicted octanol–water partition coefficient (Wildman–Crippen LogP) is 15.7. The number of nitrogens with zero attached hydrogens (tertiary/aromatic N) is 8. The smallest absolute Gasteiger partial charge is 0.268 e. The number of aryl methyl sites for hydroxylation is 1. The molecule has 0 N–H and O–H groups in total. The molecule has 0 spiro atoms. The second-order valence-electron chi connectivity index (χ2n) is 19.0. The van der Waals surface area contributed by atoms with Crippen molar-refractivity contribution in [2.45, 2.75) is 6.92 Å². The molecule has 9 nitrogen and oxygen atoms in total. The molecule has 0 fully saturated rings. The van der Waals surface area contributed by atoms with Gasteiger partial charge >= 0.3 is 0 Å². The van der Waals surface area contributed by atoms with Crippen LogP contribution in [-0.2, 0) is 21.1 Å². The molecule has 0 saturated carbocycles. The Kier molecular flexibility index (Phi) is 10.8. The van der Waals surface area contributed by atoms with Gasteiger partial charge in [-0.2, -0.15) is 12.1 Å². The maximum atomic E-state index is 8.16. The topological polar surface area (TPSA) is 63.0 Å². The molecule has 0 aliphatic heterocycles. The van der Waals surface area contributed by atoms with Crippen LogP contribution >= 0.6 is 0 Å². The molecule has 15 rings (SSSR count). The normalized spacial score (nSPS) is 11.6. The molecule has 0 atom stereocenters. The number of fused-ring (bicyclic) bond motifs is 10. The van der Waals surface area contributed by atoms with Gasteiger partial charge in [-0.3, -0.25) is 14.4 Å². The fourth-order valence-corrected chi connectivity index (χ4v) is 11.3. The van der Waals surface area contributed by atoms with Gasteiger partial charge < -0.3 is 23.0 Å². The van der Waals surface area contributed by atoms with Crippen molar-refractivity contribution in [2.75, 3.05) is 0 Å². The molecule has 0 aliphatic rings. The van der Waals surface area contributed by atoms with E-state index in [-0.39, 0.29) is 21.1 Å². The second kappa shape index (κ2) is 18.2. The van der Waals surface area contributed by atoms with Crippen molar-refractivity contribution < 1.29 is 30.4 Å². The molecule has 0 radical (unpaired) electrons. The summed E-state index contributed by atoms with van der Waals surface area (Å²) < 4.78 is 17.6. The fourth-order valence-electron chi connectivity index (χ4n) is 11.3. The molecule has 366 valence electrons. The van der Waals surface area contributed by atoms with Crippen molar-refractivity contribution in [3.63, 3.8) is 0 Å². The van der Waals surface area contributed by atoms with E-state index in [9.17, 15) is 0 Å². The maximum Gasteiger partial charge on any atom is 0.268 e. The van der Waals surface area contributed by atoms with E-state index in [2.05, 4.69) is 193 Å². The predicted molar refractivity (Wildman–Crippen MR) is 303 cm³/mol. The van der Waals surface area contributed by atoms with Crippen LogP contribution in [0.5, 0.6) is 11.5 Å². The molecule has 0 bridgehead atoms. The van der Waals surface area contributed by atoms with Gasteiger partial charge in [-0.1, -0.05) is 151 Å². The van der Waals surface area contributed by atoms with E-state index in [0.29, 0.717) is 28.7 Å². The van der Waals surface area contributed by atoms with E-state index in [1.54, 1.807) is 6.07 Å². The Bertz CT molecular complexity index is 4830. The number of hydrogen-bond donors (Lipinski definition) is 0. The minimum atomic E-state index is 0. The average Bonchev–Trinajstić information content (AvgIpc) is 4.30. The minimum Gasteiger partial charge on any atom is -0.511 e. The monoisotopic (exact) mass is 1170 g/mol. The van der Waals surface area contributed by atoms with Crippen molar-refractivity contribution in [1.29, 1.82) is 0 Å². The Hall–Kier alpha value is -9.87. The third-order valence-corrected chi connectivity index (χ3v) is 14.6. The van der Waals surface area contributed by atoms with Crippen molar-refractivity contribution in [2.24, 2.45) is 0 Å². The first kappa shape index (κ1) is 45.7. The SMILES string of the molecule is [C-]#[N+]c1cc(Oc2[c-]c3c(cc2)c2cnc(C)cc2n3-c2ccc(-n3c4ccccc4c4cccc(-n5c6ccccc6c6ccccc65)c43)cn2)[c-]c(-n2[c-][n+](-c3ccccc3-c3ccccc3)c3ccccc32)c1.[Pt]. The van der Waals surface area contributed by atoms with Crippen LogP contribution in [0.15, 0.2) is 225 Å². The molecule has 6 aromatic heterocycles. The first-order valence-corrected chi connectivity index (χ1v) is 25.1. The molecule has 6 heterocycles. The van der Waals surface area contributed by atoms with E-state index in [1.807, 2.05) is 78.5 Å². The summed E-state index contributed by atoms with van der Waals surface area (Å²) in [5.74, 6) is 1.54. The number of para-hydroxylation sites is 7. The van der Waals surface area contributed by atoms with E-state index in [0.717, 1.165) is 99.6 Å². The van der Waals surface area contributed by atoms with Crippen molar-refractivity contribution in [3.8, 4) is 51.2 Å². The van der Waals surface area contributed by atoms with E-state index in [4.69, 9.17) is 21.3 Å². The number of imidazole rings is 1.